The van der Waals surface area contributed by atoms with Crippen LogP contribution in [0.2, 0.25) is 0 Å². The Balaban J connectivity index is 3.95. The molecule has 14 heavy (non-hydrogen) atoms. The van der Waals surface area contributed by atoms with Crippen LogP contribution in [0.5, 0.6) is 0 Å². The van der Waals surface area contributed by atoms with Gasteiger partial charge in [0.05, 0.1) is 5.60 Å². The average Bonchev–Trinajstić information content (AvgIpc) is 1.98. The van der Waals surface area contributed by atoms with Gasteiger partial charge in [-0.25, -0.2) is 0 Å². The highest BCUT2D eigenvalue weighted by atomic mass is 16.3. The molecule has 0 aromatic heterocycles. The van der Waals surface area contributed by atoms with Gasteiger partial charge in [-0.3, -0.25) is 0 Å². The van der Waals surface area contributed by atoms with Gasteiger partial charge in [0.2, 0.25) is 0 Å². The molecule has 1 nitrogen and oxygen atoms in total. The van der Waals surface area contributed by atoms with Crippen LogP contribution in [0.3, 0.4) is 0 Å². The van der Waals surface area contributed by atoms with Crippen molar-refractivity contribution in [1.29, 1.82) is 0 Å². The SMILES string of the molecule is CCCCC(C)(O)/C=C/CC(C)(C)C. The molecule has 0 bridgehead atoms. The molecule has 0 heterocycles. The predicted octanol–water partition coefficient (Wildman–Crippen LogP) is 3.92. The molecular formula is C13H26O. The molecule has 1 N–H and O–H groups in total. The second-order valence-electron chi connectivity index (χ2n) is 5.63. The van der Waals surface area contributed by atoms with Crippen LogP contribution in [0.15, 0.2) is 12.2 Å². The largest absolute Gasteiger partial charge is 0.386 e. The minimum Gasteiger partial charge on any atom is -0.386 e. The summed E-state index contributed by atoms with van der Waals surface area (Å²) in [7, 11) is 0. The van der Waals surface area contributed by atoms with Crippen LogP contribution in [0.25, 0.3) is 0 Å². The predicted molar refractivity (Wildman–Crippen MR) is 63.4 cm³/mol. The van der Waals surface area contributed by atoms with Crippen molar-refractivity contribution in [2.24, 2.45) is 5.41 Å². The Bertz CT molecular complexity index is 172. The van der Waals surface area contributed by atoms with Crippen LogP contribution in [0.1, 0.15) is 60.3 Å². The third kappa shape index (κ3) is 8.31. The van der Waals surface area contributed by atoms with E-state index in [9.17, 15) is 5.11 Å². The Morgan fingerprint density at radius 1 is 1.14 bits per heavy atom. The fourth-order valence-corrected chi connectivity index (χ4v) is 1.28. The van der Waals surface area contributed by atoms with Gasteiger partial charge in [0, 0.05) is 0 Å². The molecule has 0 saturated heterocycles. The van der Waals surface area contributed by atoms with Crippen LogP contribution >= 0.6 is 0 Å². The van der Waals surface area contributed by atoms with E-state index < -0.39 is 5.60 Å². The molecule has 1 heteroatoms. The average molecular weight is 198 g/mol. The highest BCUT2D eigenvalue weighted by Crippen LogP contribution is 2.21. The third-order valence-corrected chi connectivity index (χ3v) is 2.24. The standard InChI is InChI=1S/C13H26O/c1-6-7-10-13(5,14)11-8-9-12(2,3)4/h8,11,14H,6-7,9-10H2,1-5H3/b11-8+. The number of aliphatic hydroxyl groups is 1. The fourth-order valence-electron chi connectivity index (χ4n) is 1.28. The lowest BCUT2D eigenvalue weighted by molar-refractivity contribution is 0.0986. The van der Waals surface area contributed by atoms with Crippen LogP contribution in [-0.2, 0) is 0 Å². The first-order chi connectivity index (χ1) is 6.27. The lowest BCUT2D eigenvalue weighted by Gasteiger charge is -2.20. The fraction of sp³-hybridized carbons (Fsp3) is 0.846. The molecule has 0 aromatic rings. The first-order valence-corrected chi connectivity index (χ1v) is 5.67. The topological polar surface area (TPSA) is 20.2 Å². The van der Waals surface area contributed by atoms with Crippen LogP contribution in [0.4, 0.5) is 0 Å². The monoisotopic (exact) mass is 198 g/mol. The Kier molecular flexibility index (Phi) is 5.43. The highest BCUT2D eigenvalue weighted by Gasteiger charge is 2.15. The summed E-state index contributed by atoms with van der Waals surface area (Å²) in [6.45, 7) is 10.7. The Morgan fingerprint density at radius 2 is 1.71 bits per heavy atom. The molecule has 0 spiro atoms. The summed E-state index contributed by atoms with van der Waals surface area (Å²) in [4.78, 5) is 0. The molecule has 0 aliphatic rings. The van der Waals surface area contributed by atoms with Gasteiger partial charge >= 0.3 is 0 Å². The van der Waals surface area contributed by atoms with E-state index in [0.717, 1.165) is 25.7 Å². The zero-order chi connectivity index (χ0) is 11.2. The maximum atomic E-state index is 9.96. The van der Waals surface area contributed by atoms with E-state index >= 15 is 0 Å². The zero-order valence-corrected chi connectivity index (χ0v) is 10.4. The molecule has 0 aliphatic heterocycles. The van der Waals surface area contributed by atoms with Gasteiger partial charge in [0.15, 0.2) is 0 Å². The van der Waals surface area contributed by atoms with E-state index in [1.807, 2.05) is 13.0 Å². The summed E-state index contributed by atoms with van der Waals surface area (Å²) in [6, 6.07) is 0. The van der Waals surface area contributed by atoms with Crippen LogP contribution in [0, 0.1) is 5.41 Å². The maximum absolute atomic E-state index is 9.96. The summed E-state index contributed by atoms with van der Waals surface area (Å²) in [6.07, 6.45) is 8.18. The molecular weight excluding hydrogens is 172 g/mol. The van der Waals surface area contributed by atoms with E-state index in [2.05, 4.69) is 33.8 Å². The quantitative estimate of drug-likeness (QED) is 0.664. The summed E-state index contributed by atoms with van der Waals surface area (Å²) in [5.74, 6) is 0. The van der Waals surface area contributed by atoms with Crippen molar-refractivity contribution in [2.45, 2.75) is 65.9 Å². The molecule has 1 unspecified atom stereocenters. The first kappa shape index (κ1) is 13.7. The van der Waals surface area contributed by atoms with Crippen molar-refractivity contribution < 1.29 is 5.11 Å². The van der Waals surface area contributed by atoms with Crippen molar-refractivity contribution >= 4 is 0 Å². The van der Waals surface area contributed by atoms with Gasteiger partial charge in [0.1, 0.15) is 0 Å². The number of allylic oxidation sites excluding steroid dienone is 1. The van der Waals surface area contributed by atoms with Crippen molar-refractivity contribution in [1.82, 2.24) is 0 Å². The molecule has 0 amide bonds. The van der Waals surface area contributed by atoms with E-state index in [1.54, 1.807) is 0 Å². The lowest BCUT2D eigenvalue weighted by atomic mass is 9.90. The first-order valence-electron chi connectivity index (χ1n) is 5.67. The van der Waals surface area contributed by atoms with Crippen molar-refractivity contribution in [2.75, 3.05) is 0 Å². The van der Waals surface area contributed by atoms with Crippen molar-refractivity contribution in [3.63, 3.8) is 0 Å². The highest BCUT2D eigenvalue weighted by molar-refractivity contribution is 4.99. The van der Waals surface area contributed by atoms with Gasteiger partial charge in [-0.1, -0.05) is 52.7 Å². The minimum atomic E-state index is -0.610. The summed E-state index contributed by atoms with van der Waals surface area (Å²) < 4.78 is 0. The van der Waals surface area contributed by atoms with E-state index in [0.29, 0.717) is 5.41 Å². The zero-order valence-electron chi connectivity index (χ0n) is 10.4. The molecule has 0 fully saturated rings. The van der Waals surface area contributed by atoms with Gasteiger partial charge in [-0.05, 0) is 25.2 Å². The van der Waals surface area contributed by atoms with Gasteiger partial charge in [-0.15, -0.1) is 0 Å². The summed E-state index contributed by atoms with van der Waals surface area (Å²) in [5.41, 5.74) is -0.293. The molecule has 0 radical (unpaired) electrons. The Labute approximate surface area is 89.2 Å². The van der Waals surface area contributed by atoms with E-state index in [1.165, 1.54) is 0 Å². The second-order valence-corrected chi connectivity index (χ2v) is 5.63. The number of unbranched alkanes of at least 4 members (excludes halogenated alkanes) is 1. The molecule has 0 saturated carbocycles. The smallest absolute Gasteiger partial charge is 0.0799 e. The molecule has 84 valence electrons. The summed E-state index contributed by atoms with van der Waals surface area (Å²) >= 11 is 0. The minimum absolute atomic E-state index is 0.317. The molecule has 0 aliphatic carbocycles. The van der Waals surface area contributed by atoms with Crippen molar-refractivity contribution in [3.05, 3.63) is 12.2 Å². The normalized spacial score (nSPS) is 17.3. The third-order valence-electron chi connectivity index (χ3n) is 2.24. The number of hydrogen-bond donors (Lipinski definition) is 1. The van der Waals surface area contributed by atoms with Crippen LogP contribution < -0.4 is 0 Å². The Morgan fingerprint density at radius 3 is 2.14 bits per heavy atom. The van der Waals surface area contributed by atoms with E-state index in [-0.39, 0.29) is 0 Å². The van der Waals surface area contributed by atoms with Crippen LogP contribution in [-0.4, -0.2) is 10.7 Å². The lowest BCUT2D eigenvalue weighted by Crippen LogP contribution is -2.20. The van der Waals surface area contributed by atoms with Gasteiger partial charge < -0.3 is 5.11 Å². The van der Waals surface area contributed by atoms with Crippen molar-refractivity contribution in [3.8, 4) is 0 Å². The molecule has 0 aromatic carbocycles. The molecule has 0 rings (SSSR count). The summed E-state index contributed by atoms with van der Waals surface area (Å²) in [5, 5.41) is 9.96. The van der Waals surface area contributed by atoms with Gasteiger partial charge in [-0.2, -0.15) is 0 Å². The number of hydrogen-bond acceptors (Lipinski definition) is 1. The van der Waals surface area contributed by atoms with E-state index in [4.69, 9.17) is 0 Å². The Hall–Kier alpha value is -0.300. The number of rotatable bonds is 5. The maximum Gasteiger partial charge on any atom is 0.0799 e. The second kappa shape index (κ2) is 5.55. The molecule has 1 atom stereocenters. The van der Waals surface area contributed by atoms with Gasteiger partial charge in [0.25, 0.3) is 0 Å².